The molecule has 0 saturated carbocycles. The van der Waals surface area contributed by atoms with Gasteiger partial charge in [-0.15, -0.1) is 0 Å². The number of carbonyl (C=O) groups excluding carboxylic acids is 1. The molecule has 6 heterocycles. The second-order valence-corrected chi connectivity index (χ2v) is 23.0. The third-order valence-electron chi connectivity index (χ3n) is 16.2. The molecule has 6 aliphatic heterocycles. The number of benzene rings is 6. The first-order chi connectivity index (χ1) is 39.2. The van der Waals surface area contributed by atoms with Gasteiger partial charge in [0.15, 0.2) is 0 Å². The lowest BCUT2D eigenvalue weighted by Gasteiger charge is -2.30. The van der Waals surface area contributed by atoms with Gasteiger partial charge < -0.3 is 64.9 Å². The highest BCUT2D eigenvalue weighted by Gasteiger charge is 2.34. The number of carboxylic acid groups (broad SMARTS) is 1. The number of fused-ring (bicyclic) bond motifs is 2. The number of nitrogens with two attached hydrogens (primary N) is 1. The Bertz CT molecular complexity index is 3130. The standard InChI is InChI=1S/C31H35ClFN3O4.C16H23ClN2O3.C15H14FNO2.CH4.H2/c32-27-15-22(5-8-29(27)40-26-18-39-19-26)30(37)28(17-35-10-1-2-11-35)34-31(38)23-9-12-36(16-23)25-7-4-20-13-24(33)6-3-21(20)14-25;17-13-7-11(3-4-15(13)22-12-9-21-10-12)16(20)14(18)8-19-5-1-2-6-19;16-13-3-1-11-8-14(4-2-10(11)7-13)17-6-5-12(9-17)15(18)19;;/h3-8,13-15,23,26,28,30,37H,1-2,9-12,16-19H2,(H,34,38);3-4,7,12,14,16,20H,1-2,5-6,8-10,18H2;1-4,7-8,12H,5-6,9H2,(H,18,19);1H4;1H/t23-,28-,30-;14-,16-;12-;;/m111../s1/i;;;;1+2. The van der Waals surface area contributed by atoms with E-state index in [1.54, 1.807) is 36.4 Å². The maximum absolute atomic E-state index is 13.6. The molecule has 442 valence electrons. The zero-order chi connectivity index (χ0) is 56.6. The minimum absolute atomic E-state index is 0. The van der Waals surface area contributed by atoms with Gasteiger partial charge in [-0.05, 0) is 170 Å². The lowest BCUT2D eigenvalue weighted by Crippen LogP contribution is -2.48. The maximum Gasteiger partial charge on any atom is 0.308 e. The number of nitrogens with one attached hydrogen (secondary N) is 1. The first-order valence-electron chi connectivity index (χ1n) is 28.3. The molecule has 6 aliphatic rings. The van der Waals surface area contributed by atoms with Crippen molar-refractivity contribution in [1.82, 2.24) is 15.1 Å². The fourth-order valence-electron chi connectivity index (χ4n) is 11.3. The van der Waals surface area contributed by atoms with Crippen LogP contribution in [0.5, 0.6) is 11.5 Å². The molecule has 0 radical (unpaired) electrons. The molecule has 19 heteroatoms. The Hall–Kier alpha value is -5.86. The van der Waals surface area contributed by atoms with Crippen molar-refractivity contribution in [2.24, 2.45) is 17.6 Å². The van der Waals surface area contributed by atoms with Crippen molar-refractivity contribution in [2.75, 3.05) is 102 Å². The van der Waals surface area contributed by atoms with E-state index in [2.05, 4.69) is 24.9 Å². The molecular weight excluding hydrogens is 1090 g/mol. The summed E-state index contributed by atoms with van der Waals surface area (Å²) in [6.45, 7) is 10.3. The summed E-state index contributed by atoms with van der Waals surface area (Å²) in [5.74, 6) is -0.568. The SMILES string of the molecule is C.N[C@H](CN1CCCC1)[C@H](O)c1ccc(OC2COC2)c(Cl)c1.O=C(N[C@H](CN1CCCC1)[C@H](O)c1ccc(OC2COC2)c(Cl)c1)[C@@H]1CCN(c2ccc3cc(F)ccc3c2)C1.O=C(O)[C@@H]1CCN(c2ccc3cc(F)ccc3c2)C1.[3HH]. The molecule has 0 aromatic heterocycles. The van der Waals surface area contributed by atoms with Gasteiger partial charge in [0.2, 0.25) is 5.91 Å². The smallest absolute Gasteiger partial charge is 0.308 e. The van der Waals surface area contributed by atoms with Crippen molar-refractivity contribution in [3.8, 4) is 11.5 Å². The van der Waals surface area contributed by atoms with Gasteiger partial charge in [-0.25, -0.2) is 8.78 Å². The third kappa shape index (κ3) is 15.5. The van der Waals surface area contributed by atoms with Gasteiger partial charge in [0.1, 0.15) is 41.4 Å². The van der Waals surface area contributed by atoms with E-state index in [9.17, 15) is 28.6 Å². The van der Waals surface area contributed by atoms with Crippen molar-refractivity contribution >= 4 is 68.0 Å². The van der Waals surface area contributed by atoms with Crippen LogP contribution in [0, 0.1) is 23.5 Å². The largest absolute Gasteiger partial charge is 0.484 e. The molecule has 6 saturated heterocycles. The summed E-state index contributed by atoms with van der Waals surface area (Å²) < 4.78 is 48.5. The quantitative estimate of drug-likeness (QED) is 0.0582. The summed E-state index contributed by atoms with van der Waals surface area (Å²) in [7, 11) is 0. The number of hydrogen-bond donors (Lipinski definition) is 5. The predicted octanol–water partition coefficient (Wildman–Crippen LogP) is 9.90. The summed E-state index contributed by atoms with van der Waals surface area (Å²) in [5.41, 5.74) is 9.55. The molecule has 0 unspecified atom stereocenters. The number of likely N-dealkylation sites (tertiary alicyclic amines) is 2. The Balaban J connectivity index is 0.000000177. The van der Waals surface area contributed by atoms with Crippen molar-refractivity contribution in [2.45, 2.75) is 82.5 Å². The minimum atomic E-state index is -0.915. The molecule has 6 aromatic rings. The van der Waals surface area contributed by atoms with Crippen molar-refractivity contribution in [3.05, 3.63) is 142 Å². The highest BCUT2D eigenvalue weighted by molar-refractivity contribution is 6.32. The van der Waals surface area contributed by atoms with E-state index in [0.29, 0.717) is 86.1 Å². The van der Waals surface area contributed by atoms with E-state index in [1.807, 2.05) is 48.5 Å². The van der Waals surface area contributed by atoms with Gasteiger partial charge in [-0.3, -0.25) is 9.59 Å². The summed E-state index contributed by atoms with van der Waals surface area (Å²) >= 11 is 12.7. The van der Waals surface area contributed by atoms with Gasteiger partial charge in [0.05, 0.1) is 60.5 Å². The number of halogens is 4. The highest BCUT2D eigenvalue weighted by atomic mass is 35.5. The van der Waals surface area contributed by atoms with E-state index in [1.165, 1.54) is 37.1 Å². The maximum atomic E-state index is 13.6. The van der Waals surface area contributed by atoms with E-state index >= 15 is 0 Å². The van der Waals surface area contributed by atoms with Gasteiger partial charge in [0, 0.05) is 58.1 Å². The number of ether oxygens (including phenoxy) is 4. The topological polar surface area (TPSA) is 183 Å². The second-order valence-electron chi connectivity index (χ2n) is 22.2. The monoisotopic (exact) mass is 1170 g/mol. The number of nitrogens with zero attached hydrogens (tertiary/aromatic N) is 4. The van der Waals surface area contributed by atoms with Crippen LogP contribution in [-0.2, 0) is 19.1 Å². The molecule has 0 spiro atoms. The average molecular weight is 1170 g/mol. The van der Waals surface area contributed by atoms with Crippen LogP contribution in [0.4, 0.5) is 20.2 Å². The Morgan fingerprint density at radius 3 is 1.50 bits per heavy atom. The van der Waals surface area contributed by atoms with Crippen LogP contribution in [0.25, 0.3) is 21.5 Å². The zero-order valence-electron chi connectivity index (χ0n) is 45.3. The first kappa shape index (κ1) is 60.7. The van der Waals surface area contributed by atoms with Crippen LogP contribution in [0.3, 0.4) is 0 Å². The summed E-state index contributed by atoms with van der Waals surface area (Å²) in [4.78, 5) is 33.3. The molecule has 15 nitrogen and oxygen atoms in total. The number of rotatable bonds is 17. The van der Waals surface area contributed by atoms with Gasteiger partial charge >= 0.3 is 5.97 Å². The fourth-order valence-corrected chi connectivity index (χ4v) is 11.8. The van der Waals surface area contributed by atoms with Crippen LogP contribution in [0.15, 0.2) is 109 Å². The lowest BCUT2D eigenvalue weighted by atomic mass is 10.00. The van der Waals surface area contributed by atoms with Crippen molar-refractivity contribution in [3.63, 3.8) is 0 Å². The first-order valence-corrected chi connectivity index (χ1v) is 29.0. The number of aliphatic hydroxyl groups is 2. The van der Waals surface area contributed by atoms with Crippen LogP contribution >= 0.6 is 23.2 Å². The Morgan fingerprint density at radius 1 is 0.610 bits per heavy atom. The number of aliphatic hydroxyl groups excluding tert-OH is 2. The van der Waals surface area contributed by atoms with E-state index in [4.69, 9.17) is 53.0 Å². The zero-order valence-corrected chi connectivity index (χ0v) is 46.8. The average Bonchev–Trinajstić information content (AvgIpc) is 4.53. The van der Waals surface area contributed by atoms with Crippen LogP contribution in [0.2, 0.25) is 10.0 Å². The summed E-state index contributed by atoms with van der Waals surface area (Å²) in [6.07, 6.45) is 4.51. The van der Waals surface area contributed by atoms with Crippen LogP contribution < -0.4 is 30.3 Å². The predicted molar refractivity (Wildman–Crippen MR) is 319 cm³/mol. The van der Waals surface area contributed by atoms with Crippen molar-refractivity contribution < 1.29 is 54.1 Å². The number of carboxylic acids is 1. The fraction of sp³-hybridized carbons (Fsp3) is 0.460. The molecule has 12 rings (SSSR count). The van der Waals surface area contributed by atoms with Gasteiger partial charge in [-0.2, -0.15) is 0 Å². The van der Waals surface area contributed by atoms with E-state index in [0.717, 1.165) is 97.0 Å². The Labute approximate surface area is 490 Å². The third-order valence-corrected chi connectivity index (χ3v) is 16.8. The highest BCUT2D eigenvalue weighted by Crippen LogP contribution is 2.35. The van der Waals surface area contributed by atoms with Crippen LogP contribution in [0.1, 0.15) is 70.7 Å². The number of carbonyl (C=O) groups is 2. The minimum Gasteiger partial charge on any atom is -0.484 e. The molecular formula is C63H78Cl2F2N6O9. The molecule has 1 amide bonds. The number of hydrogen-bond acceptors (Lipinski definition) is 13. The van der Waals surface area contributed by atoms with Gasteiger partial charge in [0.25, 0.3) is 0 Å². The lowest BCUT2D eigenvalue weighted by molar-refractivity contribution is -0.141. The summed E-state index contributed by atoms with van der Waals surface area (Å²) in [5, 5.41) is 38.7. The molecule has 82 heavy (non-hydrogen) atoms. The number of aliphatic carboxylic acids is 1. The molecule has 6 atom stereocenters. The van der Waals surface area contributed by atoms with Crippen molar-refractivity contribution in [1.29, 1.82) is 0 Å². The molecule has 6 N–H and O–H groups in total. The molecule has 0 aliphatic carbocycles. The normalized spacial score (nSPS) is 20.8. The Morgan fingerprint density at radius 2 is 1.05 bits per heavy atom. The molecule has 6 fully saturated rings. The molecule has 6 aromatic carbocycles. The number of amides is 1. The Kier molecular flexibility index (Phi) is 20.8. The summed E-state index contributed by atoms with van der Waals surface area (Å²) in [6, 6.07) is 31.1. The van der Waals surface area contributed by atoms with Gasteiger partial charge in [-0.1, -0.05) is 67.0 Å². The number of anilines is 2. The van der Waals surface area contributed by atoms with E-state index in [-0.39, 0.29) is 56.5 Å². The van der Waals surface area contributed by atoms with Crippen LogP contribution in [-0.4, -0.2) is 153 Å². The second kappa shape index (κ2) is 28.1. The molecule has 0 bridgehead atoms. The van der Waals surface area contributed by atoms with E-state index < -0.39 is 24.2 Å².